The van der Waals surface area contributed by atoms with E-state index in [4.69, 9.17) is 14.0 Å². The van der Waals surface area contributed by atoms with Crippen molar-refractivity contribution in [3.05, 3.63) is 52.7 Å². The number of carbonyl (C=O) groups excluding carboxylic acids is 1. The predicted octanol–water partition coefficient (Wildman–Crippen LogP) is 3.97. The number of piperazine rings is 1. The summed E-state index contributed by atoms with van der Waals surface area (Å²) in [5.41, 5.74) is -0.347. The number of nitrogens with one attached hydrogen (secondary N) is 1. The Morgan fingerprint density at radius 1 is 1.25 bits per heavy atom. The normalized spacial score (nSPS) is 18.6. The van der Waals surface area contributed by atoms with Crippen LogP contribution >= 0.6 is 11.3 Å². The zero-order chi connectivity index (χ0) is 22.7. The van der Waals surface area contributed by atoms with Crippen molar-refractivity contribution in [3.8, 4) is 16.5 Å². The lowest BCUT2D eigenvalue weighted by Crippen LogP contribution is -2.57. The number of halogens is 2. The molecule has 4 rings (SSSR count). The van der Waals surface area contributed by atoms with Gasteiger partial charge in [-0.1, -0.05) is 11.2 Å². The second-order valence-corrected chi connectivity index (χ2v) is 8.41. The van der Waals surface area contributed by atoms with Gasteiger partial charge in [0.1, 0.15) is 24.0 Å². The lowest BCUT2D eigenvalue weighted by Gasteiger charge is -2.38. The van der Waals surface area contributed by atoms with Gasteiger partial charge < -0.3 is 24.2 Å². The molecule has 3 heterocycles. The molecule has 1 aliphatic heterocycles. The summed E-state index contributed by atoms with van der Waals surface area (Å²) in [6.45, 7) is 4.37. The number of hydrogen-bond acceptors (Lipinski definition) is 8. The molecule has 2 atom stereocenters. The second-order valence-electron chi connectivity index (χ2n) is 7.47. The number of rotatable bonds is 6. The standard InChI is InChI=1S/C21H22F2N4O4S/c1-12-8-24-9-13(2)27(12)21(28)30-10-15-16(22)6-14(7-17(15)23)29-11-19-25-20(31-26-19)18-4-3-5-32-18/h3-7,12-13,24H,8-11H2,1-2H3/t12-,13+. The first kappa shape index (κ1) is 22.2. The maximum absolute atomic E-state index is 14.5. The minimum Gasteiger partial charge on any atom is -0.485 e. The van der Waals surface area contributed by atoms with Crippen LogP contribution < -0.4 is 10.1 Å². The number of hydrogen-bond donors (Lipinski definition) is 1. The molecule has 170 valence electrons. The van der Waals surface area contributed by atoms with Crippen LogP contribution in [-0.2, 0) is 18.0 Å². The fraction of sp³-hybridized carbons (Fsp3) is 0.381. The van der Waals surface area contributed by atoms with Crippen LogP contribution in [0.4, 0.5) is 13.6 Å². The van der Waals surface area contributed by atoms with Crippen molar-refractivity contribution in [2.24, 2.45) is 0 Å². The lowest BCUT2D eigenvalue weighted by atomic mass is 10.1. The molecule has 1 saturated heterocycles. The van der Waals surface area contributed by atoms with Gasteiger partial charge in [0.2, 0.25) is 5.82 Å². The molecule has 32 heavy (non-hydrogen) atoms. The topological polar surface area (TPSA) is 89.7 Å². The van der Waals surface area contributed by atoms with Crippen LogP contribution in [0.3, 0.4) is 0 Å². The van der Waals surface area contributed by atoms with Crippen molar-refractivity contribution >= 4 is 17.4 Å². The molecule has 1 aromatic carbocycles. The van der Waals surface area contributed by atoms with E-state index in [2.05, 4.69) is 15.5 Å². The average Bonchev–Trinajstić information content (AvgIpc) is 3.43. The van der Waals surface area contributed by atoms with Gasteiger partial charge in [-0.05, 0) is 25.3 Å². The smallest absolute Gasteiger partial charge is 0.410 e. The van der Waals surface area contributed by atoms with Crippen molar-refractivity contribution < 1.29 is 27.6 Å². The molecule has 0 spiro atoms. The van der Waals surface area contributed by atoms with Crippen molar-refractivity contribution in [1.82, 2.24) is 20.4 Å². The molecule has 0 saturated carbocycles. The minimum atomic E-state index is -0.874. The molecule has 0 radical (unpaired) electrons. The third-order valence-corrected chi connectivity index (χ3v) is 5.92. The van der Waals surface area contributed by atoms with Crippen molar-refractivity contribution in [1.29, 1.82) is 0 Å². The van der Waals surface area contributed by atoms with Crippen LogP contribution in [0.25, 0.3) is 10.8 Å². The number of ether oxygens (including phenoxy) is 2. The summed E-state index contributed by atoms with van der Waals surface area (Å²) in [7, 11) is 0. The Morgan fingerprint density at radius 2 is 1.97 bits per heavy atom. The van der Waals surface area contributed by atoms with Gasteiger partial charge in [0.15, 0.2) is 6.61 Å². The largest absolute Gasteiger partial charge is 0.485 e. The average molecular weight is 464 g/mol. The molecule has 2 aromatic heterocycles. The van der Waals surface area contributed by atoms with Gasteiger partial charge in [-0.15, -0.1) is 11.3 Å². The molecule has 1 fully saturated rings. The molecule has 11 heteroatoms. The second kappa shape index (κ2) is 9.61. The third-order valence-electron chi connectivity index (χ3n) is 5.06. The third kappa shape index (κ3) is 4.89. The quantitative estimate of drug-likeness (QED) is 0.590. The highest BCUT2D eigenvalue weighted by molar-refractivity contribution is 7.13. The summed E-state index contributed by atoms with van der Waals surface area (Å²) in [4.78, 5) is 19.0. The van der Waals surface area contributed by atoms with Gasteiger partial charge in [-0.25, -0.2) is 13.6 Å². The van der Waals surface area contributed by atoms with E-state index >= 15 is 0 Å². The van der Waals surface area contributed by atoms with E-state index < -0.39 is 24.3 Å². The highest BCUT2D eigenvalue weighted by Crippen LogP contribution is 2.25. The summed E-state index contributed by atoms with van der Waals surface area (Å²) in [6, 6.07) is 5.59. The Bertz CT molecular complexity index is 1040. The Morgan fingerprint density at radius 3 is 2.62 bits per heavy atom. The molecule has 0 unspecified atom stereocenters. The molecule has 1 amide bonds. The molecular weight excluding hydrogens is 442 g/mol. The lowest BCUT2D eigenvalue weighted by molar-refractivity contribution is 0.0551. The summed E-state index contributed by atoms with van der Waals surface area (Å²) in [6.07, 6.45) is -0.607. The molecule has 0 bridgehead atoms. The number of amides is 1. The number of nitrogens with zero attached hydrogens (tertiary/aromatic N) is 3. The van der Waals surface area contributed by atoms with E-state index in [0.29, 0.717) is 19.0 Å². The van der Waals surface area contributed by atoms with Crippen LogP contribution in [0.2, 0.25) is 0 Å². The predicted molar refractivity (Wildman–Crippen MR) is 112 cm³/mol. The van der Waals surface area contributed by atoms with E-state index in [9.17, 15) is 13.6 Å². The Balaban J connectivity index is 1.36. The van der Waals surface area contributed by atoms with Crippen LogP contribution in [0.15, 0.2) is 34.2 Å². The van der Waals surface area contributed by atoms with Gasteiger partial charge in [-0.2, -0.15) is 4.98 Å². The van der Waals surface area contributed by atoms with Crippen LogP contribution in [-0.4, -0.2) is 46.3 Å². The fourth-order valence-electron chi connectivity index (χ4n) is 3.46. The monoisotopic (exact) mass is 464 g/mol. The summed E-state index contributed by atoms with van der Waals surface area (Å²) < 4.78 is 44.7. The molecule has 8 nitrogen and oxygen atoms in total. The van der Waals surface area contributed by atoms with Crippen LogP contribution in [0.1, 0.15) is 25.2 Å². The number of aromatic nitrogens is 2. The van der Waals surface area contributed by atoms with Crippen LogP contribution in [0, 0.1) is 11.6 Å². The Kier molecular flexibility index (Phi) is 6.66. The first-order chi connectivity index (χ1) is 15.4. The van der Waals surface area contributed by atoms with Crippen molar-refractivity contribution in [2.75, 3.05) is 13.1 Å². The fourth-order valence-corrected chi connectivity index (χ4v) is 4.11. The van der Waals surface area contributed by atoms with Crippen LogP contribution in [0.5, 0.6) is 5.75 Å². The van der Waals surface area contributed by atoms with E-state index in [1.165, 1.54) is 11.3 Å². The molecule has 1 aliphatic rings. The van der Waals surface area contributed by atoms with Gasteiger partial charge in [0.25, 0.3) is 5.89 Å². The number of thiophene rings is 1. The van der Waals surface area contributed by atoms with Gasteiger partial charge in [0.05, 0.1) is 10.4 Å². The van der Waals surface area contributed by atoms with Gasteiger partial charge in [0, 0.05) is 37.3 Å². The highest BCUT2D eigenvalue weighted by atomic mass is 32.1. The maximum Gasteiger partial charge on any atom is 0.410 e. The summed E-state index contributed by atoms with van der Waals surface area (Å²) in [5, 5.41) is 8.88. The van der Waals surface area contributed by atoms with Crippen molar-refractivity contribution in [3.63, 3.8) is 0 Å². The first-order valence-electron chi connectivity index (χ1n) is 10.1. The van der Waals surface area contributed by atoms with E-state index in [1.54, 1.807) is 4.90 Å². The maximum atomic E-state index is 14.5. The summed E-state index contributed by atoms with van der Waals surface area (Å²) in [5.74, 6) is -1.20. The van der Waals surface area contributed by atoms with E-state index in [-0.39, 0.29) is 35.8 Å². The molecule has 1 N–H and O–H groups in total. The zero-order valence-electron chi connectivity index (χ0n) is 17.5. The Labute approximate surface area is 187 Å². The Hall–Kier alpha value is -3.05. The van der Waals surface area contributed by atoms with Crippen molar-refractivity contribution in [2.45, 2.75) is 39.1 Å². The zero-order valence-corrected chi connectivity index (χ0v) is 18.3. The van der Waals surface area contributed by atoms with Gasteiger partial charge >= 0.3 is 6.09 Å². The molecule has 0 aliphatic carbocycles. The molecule has 3 aromatic rings. The number of benzene rings is 1. The van der Waals surface area contributed by atoms with E-state index in [0.717, 1.165) is 17.0 Å². The first-order valence-corrected chi connectivity index (χ1v) is 10.9. The number of carbonyl (C=O) groups is 1. The molecular formula is C21H22F2N4O4S. The highest BCUT2D eigenvalue weighted by Gasteiger charge is 2.30. The van der Waals surface area contributed by atoms with Gasteiger partial charge in [-0.3, -0.25) is 0 Å². The minimum absolute atomic E-state index is 0.0399. The SMILES string of the molecule is C[C@@H]1CNC[C@H](C)N1C(=O)OCc1c(F)cc(OCc2noc(-c3cccs3)n2)cc1F. The van der Waals surface area contributed by atoms with E-state index in [1.807, 2.05) is 31.4 Å². The summed E-state index contributed by atoms with van der Waals surface area (Å²) >= 11 is 1.45.